The summed E-state index contributed by atoms with van der Waals surface area (Å²) in [6, 6.07) is 5.58. The van der Waals surface area contributed by atoms with Gasteiger partial charge in [0.2, 0.25) is 10.0 Å². The number of benzene rings is 1. The number of nitrogens with zero attached hydrogens (tertiary/aromatic N) is 1. The molecule has 0 saturated carbocycles. The molecule has 0 aliphatic carbocycles. The van der Waals surface area contributed by atoms with E-state index < -0.39 is 35.1 Å². The van der Waals surface area contributed by atoms with Crippen LogP contribution in [-0.2, 0) is 24.3 Å². The molecule has 0 aliphatic rings. The number of hydrogen-bond donors (Lipinski definition) is 1. The van der Waals surface area contributed by atoms with Gasteiger partial charge in [-0.05, 0) is 30.2 Å². The number of carbonyl (C=O) groups is 2. The summed E-state index contributed by atoms with van der Waals surface area (Å²) in [6.45, 7) is 3.40. The minimum Gasteiger partial charge on any atom is -0.455 e. The van der Waals surface area contributed by atoms with Crippen LogP contribution < -0.4 is 5.32 Å². The van der Waals surface area contributed by atoms with E-state index in [9.17, 15) is 18.0 Å². The van der Waals surface area contributed by atoms with E-state index >= 15 is 0 Å². The fraction of sp³-hybridized carbons (Fsp3) is 0.467. The van der Waals surface area contributed by atoms with Crippen molar-refractivity contribution in [2.75, 3.05) is 26.7 Å². The molecule has 1 N–H and O–H groups in total. The summed E-state index contributed by atoms with van der Waals surface area (Å²) in [7, 11) is -2.58. The summed E-state index contributed by atoms with van der Waals surface area (Å²) in [5.41, 5.74) is 0. The van der Waals surface area contributed by atoms with E-state index in [0.29, 0.717) is 11.6 Å². The fourth-order valence-corrected chi connectivity index (χ4v) is 2.86. The summed E-state index contributed by atoms with van der Waals surface area (Å²) >= 11 is 5.72. The van der Waals surface area contributed by atoms with E-state index in [-0.39, 0.29) is 10.8 Å². The van der Waals surface area contributed by atoms with Gasteiger partial charge in [0.25, 0.3) is 5.91 Å². The highest BCUT2D eigenvalue weighted by Crippen LogP contribution is 2.17. The summed E-state index contributed by atoms with van der Waals surface area (Å²) in [6.07, 6.45) is 0. The first-order chi connectivity index (χ1) is 11.1. The number of carbonyl (C=O) groups excluding carboxylic acids is 2. The normalized spacial score (nSPS) is 11.6. The lowest BCUT2D eigenvalue weighted by atomic mass is 10.2. The smallest absolute Gasteiger partial charge is 0.321 e. The van der Waals surface area contributed by atoms with Crippen LogP contribution in [0.5, 0.6) is 0 Å². The molecule has 1 aromatic rings. The summed E-state index contributed by atoms with van der Waals surface area (Å²) < 4.78 is 30.2. The van der Waals surface area contributed by atoms with Gasteiger partial charge in [0.1, 0.15) is 6.54 Å². The average molecular weight is 377 g/mol. The monoisotopic (exact) mass is 376 g/mol. The van der Waals surface area contributed by atoms with Crippen molar-refractivity contribution in [2.24, 2.45) is 5.92 Å². The van der Waals surface area contributed by atoms with Crippen LogP contribution in [0.25, 0.3) is 0 Å². The van der Waals surface area contributed by atoms with Gasteiger partial charge < -0.3 is 10.1 Å². The Morgan fingerprint density at radius 2 is 1.83 bits per heavy atom. The third-order valence-corrected chi connectivity index (χ3v) is 5.01. The number of amides is 1. The maximum Gasteiger partial charge on any atom is 0.321 e. The zero-order valence-corrected chi connectivity index (χ0v) is 15.4. The molecule has 1 amide bonds. The number of sulfonamides is 1. The van der Waals surface area contributed by atoms with Crippen molar-refractivity contribution in [3.05, 3.63) is 29.3 Å². The Hall–Kier alpha value is -1.64. The quantitative estimate of drug-likeness (QED) is 0.690. The van der Waals surface area contributed by atoms with Crippen LogP contribution >= 0.6 is 11.6 Å². The van der Waals surface area contributed by atoms with E-state index in [1.165, 1.54) is 31.3 Å². The molecular weight excluding hydrogens is 356 g/mol. The van der Waals surface area contributed by atoms with Crippen molar-refractivity contribution >= 4 is 33.5 Å². The number of hydrogen-bond acceptors (Lipinski definition) is 5. The van der Waals surface area contributed by atoms with Gasteiger partial charge in [-0.3, -0.25) is 9.59 Å². The number of esters is 1. The molecule has 1 rings (SSSR count). The maximum atomic E-state index is 12.3. The molecule has 7 nitrogen and oxygen atoms in total. The first-order valence-electron chi connectivity index (χ1n) is 7.27. The molecule has 0 aromatic heterocycles. The van der Waals surface area contributed by atoms with Gasteiger partial charge in [-0.25, -0.2) is 8.42 Å². The lowest BCUT2D eigenvalue weighted by molar-refractivity contribution is -0.148. The number of nitrogens with one attached hydrogen (secondary N) is 1. The number of likely N-dealkylation sites (N-methyl/N-ethyl adjacent to an activating group) is 1. The van der Waals surface area contributed by atoms with Gasteiger partial charge in [0.05, 0.1) is 4.90 Å². The highest BCUT2D eigenvalue weighted by Gasteiger charge is 2.23. The summed E-state index contributed by atoms with van der Waals surface area (Å²) in [4.78, 5) is 23.2. The van der Waals surface area contributed by atoms with Crippen LogP contribution in [0, 0.1) is 5.92 Å². The van der Waals surface area contributed by atoms with E-state index in [0.717, 1.165) is 4.31 Å². The van der Waals surface area contributed by atoms with Crippen LogP contribution in [0.4, 0.5) is 0 Å². The van der Waals surface area contributed by atoms with Crippen LogP contribution in [0.2, 0.25) is 5.02 Å². The fourth-order valence-electron chi connectivity index (χ4n) is 1.61. The molecule has 134 valence electrons. The van der Waals surface area contributed by atoms with Crippen molar-refractivity contribution in [3.63, 3.8) is 0 Å². The second-order valence-corrected chi connectivity index (χ2v) is 8.05. The Bertz CT molecular complexity index is 674. The second-order valence-electron chi connectivity index (χ2n) is 5.57. The van der Waals surface area contributed by atoms with E-state index in [1.54, 1.807) is 0 Å². The van der Waals surface area contributed by atoms with Gasteiger partial charge in [0.15, 0.2) is 6.61 Å². The Labute approximate surface area is 147 Å². The molecule has 0 aliphatic heterocycles. The van der Waals surface area contributed by atoms with Gasteiger partial charge in [-0.1, -0.05) is 25.4 Å². The van der Waals surface area contributed by atoms with Crippen molar-refractivity contribution in [1.29, 1.82) is 0 Å². The molecule has 0 saturated heterocycles. The van der Waals surface area contributed by atoms with Crippen molar-refractivity contribution in [2.45, 2.75) is 18.7 Å². The van der Waals surface area contributed by atoms with E-state index in [4.69, 9.17) is 16.3 Å². The first-order valence-corrected chi connectivity index (χ1v) is 9.09. The molecule has 0 heterocycles. The minimum atomic E-state index is -3.84. The second kappa shape index (κ2) is 9.00. The lowest BCUT2D eigenvalue weighted by Gasteiger charge is -2.16. The molecule has 1 aromatic carbocycles. The topological polar surface area (TPSA) is 92.8 Å². The predicted octanol–water partition coefficient (Wildman–Crippen LogP) is 1.28. The lowest BCUT2D eigenvalue weighted by Crippen LogP contribution is -2.36. The first kappa shape index (κ1) is 20.4. The molecule has 0 unspecified atom stereocenters. The van der Waals surface area contributed by atoms with Crippen LogP contribution in [-0.4, -0.2) is 51.3 Å². The number of rotatable bonds is 8. The Balaban J connectivity index is 2.54. The van der Waals surface area contributed by atoms with E-state index in [1.807, 2.05) is 13.8 Å². The molecular formula is C15H21ClN2O5S. The molecule has 0 spiro atoms. The van der Waals surface area contributed by atoms with Crippen molar-refractivity contribution < 1.29 is 22.7 Å². The zero-order chi connectivity index (χ0) is 18.3. The number of ether oxygens (including phenoxy) is 1. The zero-order valence-electron chi connectivity index (χ0n) is 13.8. The Morgan fingerprint density at radius 1 is 1.25 bits per heavy atom. The molecule has 9 heteroatoms. The SMILES string of the molecule is CC(C)CNC(=O)COC(=O)CN(C)S(=O)(=O)c1ccc(Cl)cc1. The highest BCUT2D eigenvalue weighted by atomic mass is 35.5. The van der Waals surface area contributed by atoms with Crippen molar-refractivity contribution in [3.8, 4) is 0 Å². The Morgan fingerprint density at radius 3 is 2.38 bits per heavy atom. The summed E-state index contributed by atoms with van der Waals surface area (Å²) in [5, 5.41) is 3.00. The molecule has 0 bridgehead atoms. The van der Waals surface area contributed by atoms with Crippen molar-refractivity contribution in [1.82, 2.24) is 9.62 Å². The third kappa shape index (κ3) is 6.46. The molecule has 24 heavy (non-hydrogen) atoms. The number of halogens is 1. The van der Waals surface area contributed by atoms with Gasteiger partial charge in [0, 0.05) is 18.6 Å². The van der Waals surface area contributed by atoms with Crippen LogP contribution in [0.3, 0.4) is 0 Å². The largest absolute Gasteiger partial charge is 0.455 e. The third-order valence-electron chi connectivity index (χ3n) is 2.95. The molecule has 0 radical (unpaired) electrons. The van der Waals surface area contributed by atoms with Gasteiger partial charge >= 0.3 is 5.97 Å². The van der Waals surface area contributed by atoms with Gasteiger partial charge in [-0.15, -0.1) is 0 Å². The molecule has 0 fully saturated rings. The average Bonchev–Trinajstić information content (AvgIpc) is 2.51. The highest BCUT2D eigenvalue weighted by molar-refractivity contribution is 7.89. The van der Waals surface area contributed by atoms with Crippen LogP contribution in [0.1, 0.15) is 13.8 Å². The standard InChI is InChI=1S/C15H21ClN2O5S/c1-11(2)8-17-14(19)10-23-15(20)9-18(3)24(21,22)13-6-4-12(16)5-7-13/h4-7,11H,8-10H2,1-3H3,(H,17,19). The Kier molecular flexibility index (Phi) is 7.65. The predicted molar refractivity (Wildman–Crippen MR) is 90.1 cm³/mol. The summed E-state index contributed by atoms with van der Waals surface area (Å²) in [5.74, 6) is -0.963. The minimum absolute atomic E-state index is 0.0110. The molecule has 0 atom stereocenters. The maximum absolute atomic E-state index is 12.3. The van der Waals surface area contributed by atoms with E-state index in [2.05, 4.69) is 5.32 Å². The van der Waals surface area contributed by atoms with Crippen LogP contribution in [0.15, 0.2) is 29.2 Å². The van der Waals surface area contributed by atoms with Gasteiger partial charge in [-0.2, -0.15) is 4.31 Å².